The number of likely N-dealkylation sites (tertiary alicyclic amines) is 1. The van der Waals surface area contributed by atoms with Crippen LogP contribution >= 0.6 is 0 Å². The summed E-state index contributed by atoms with van der Waals surface area (Å²) in [7, 11) is 0. The summed E-state index contributed by atoms with van der Waals surface area (Å²) in [4.78, 5) is 25.2. The monoisotopic (exact) mass is 253 g/mol. The molecular weight excluding hydrogens is 230 g/mol. The van der Waals surface area contributed by atoms with Crippen LogP contribution in [0.5, 0.6) is 0 Å². The van der Waals surface area contributed by atoms with Gasteiger partial charge in [-0.05, 0) is 32.6 Å². The number of carbonyl (C=O) groups excluding carboxylic acids is 2. The van der Waals surface area contributed by atoms with E-state index in [1.54, 1.807) is 0 Å². The molecule has 3 atom stereocenters. The predicted octanol–water partition coefficient (Wildman–Crippen LogP) is 0.254. The highest BCUT2D eigenvalue weighted by atomic mass is 16.2. The molecule has 2 heterocycles. The van der Waals surface area contributed by atoms with Crippen molar-refractivity contribution in [2.24, 2.45) is 0 Å². The van der Waals surface area contributed by atoms with E-state index in [0.717, 1.165) is 32.2 Å². The van der Waals surface area contributed by atoms with Crippen LogP contribution in [0.25, 0.3) is 0 Å². The molecule has 0 aliphatic carbocycles. The summed E-state index contributed by atoms with van der Waals surface area (Å²) in [6, 6.07) is 0.540. The fraction of sp³-hybridized carbons (Fsp3) is 0.846. The molecule has 2 fully saturated rings. The third kappa shape index (κ3) is 3.22. The molecule has 0 spiro atoms. The molecule has 2 amide bonds. The first kappa shape index (κ1) is 13.3. The van der Waals surface area contributed by atoms with Crippen LogP contribution in [0, 0.1) is 0 Å². The van der Waals surface area contributed by atoms with Crippen molar-refractivity contribution in [2.45, 2.75) is 57.7 Å². The van der Waals surface area contributed by atoms with E-state index in [0.29, 0.717) is 12.6 Å². The first-order valence-corrected chi connectivity index (χ1v) is 6.88. The number of amides is 2. The van der Waals surface area contributed by atoms with Gasteiger partial charge in [0.1, 0.15) is 0 Å². The van der Waals surface area contributed by atoms with E-state index in [1.807, 2.05) is 4.90 Å². The van der Waals surface area contributed by atoms with Gasteiger partial charge in [-0.1, -0.05) is 0 Å². The Hall–Kier alpha value is -1.10. The smallest absolute Gasteiger partial charge is 0.239 e. The number of hydrogen-bond donors (Lipinski definition) is 2. The summed E-state index contributed by atoms with van der Waals surface area (Å²) in [5, 5.41) is 6.26. The van der Waals surface area contributed by atoms with Crippen molar-refractivity contribution < 1.29 is 9.59 Å². The molecule has 2 N–H and O–H groups in total. The minimum Gasteiger partial charge on any atom is -0.352 e. The van der Waals surface area contributed by atoms with Gasteiger partial charge in [-0.2, -0.15) is 0 Å². The molecule has 0 saturated carbocycles. The van der Waals surface area contributed by atoms with Gasteiger partial charge in [-0.3, -0.25) is 9.59 Å². The summed E-state index contributed by atoms with van der Waals surface area (Å²) in [6.07, 6.45) is 4.07. The topological polar surface area (TPSA) is 61.4 Å². The Morgan fingerprint density at radius 2 is 2.06 bits per heavy atom. The molecule has 2 aliphatic heterocycles. The van der Waals surface area contributed by atoms with E-state index < -0.39 is 0 Å². The second-order valence-electron chi connectivity index (χ2n) is 5.52. The lowest BCUT2D eigenvalue weighted by Gasteiger charge is -2.31. The molecule has 0 radical (unpaired) electrons. The minimum absolute atomic E-state index is 0.0151. The van der Waals surface area contributed by atoms with Crippen LogP contribution in [0.3, 0.4) is 0 Å². The Bertz CT molecular complexity index is 332. The zero-order valence-electron chi connectivity index (χ0n) is 11.2. The zero-order chi connectivity index (χ0) is 13.1. The predicted molar refractivity (Wildman–Crippen MR) is 69.0 cm³/mol. The van der Waals surface area contributed by atoms with Crippen LogP contribution in [-0.2, 0) is 9.59 Å². The number of rotatable bonds is 2. The summed E-state index contributed by atoms with van der Waals surface area (Å²) >= 11 is 0. The van der Waals surface area contributed by atoms with E-state index in [2.05, 4.69) is 17.6 Å². The highest BCUT2D eigenvalue weighted by Gasteiger charge is 2.32. The second-order valence-corrected chi connectivity index (χ2v) is 5.52. The van der Waals surface area contributed by atoms with Gasteiger partial charge < -0.3 is 15.5 Å². The lowest BCUT2D eigenvalue weighted by molar-refractivity contribution is -0.133. The molecule has 3 unspecified atom stereocenters. The summed E-state index contributed by atoms with van der Waals surface area (Å²) < 4.78 is 0. The maximum absolute atomic E-state index is 12.3. The van der Waals surface area contributed by atoms with Crippen molar-refractivity contribution in [2.75, 3.05) is 13.1 Å². The molecule has 5 heteroatoms. The van der Waals surface area contributed by atoms with Crippen LogP contribution in [0.1, 0.15) is 39.5 Å². The molecule has 2 saturated heterocycles. The van der Waals surface area contributed by atoms with Crippen LogP contribution in [-0.4, -0.2) is 47.9 Å². The molecule has 5 nitrogen and oxygen atoms in total. The zero-order valence-corrected chi connectivity index (χ0v) is 11.2. The number of nitrogens with one attached hydrogen (secondary N) is 2. The van der Waals surface area contributed by atoms with Crippen molar-refractivity contribution >= 4 is 11.8 Å². The molecule has 2 rings (SSSR count). The fourth-order valence-electron chi connectivity index (χ4n) is 2.92. The molecule has 0 aromatic heterocycles. The summed E-state index contributed by atoms with van der Waals surface area (Å²) in [6.45, 7) is 5.07. The van der Waals surface area contributed by atoms with Gasteiger partial charge in [0.25, 0.3) is 0 Å². The number of hydrogen-bond acceptors (Lipinski definition) is 3. The van der Waals surface area contributed by atoms with E-state index in [4.69, 9.17) is 0 Å². The lowest BCUT2D eigenvalue weighted by Crippen LogP contribution is -2.51. The molecule has 0 bridgehead atoms. The molecular formula is C13H23N3O2. The number of nitrogens with zero attached hydrogens (tertiary/aromatic N) is 1. The fourth-order valence-corrected chi connectivity index (χ4v) is 2.92. The van der Waals surface area contributed by atoms with Gasteiger partial charge in [0.2, 0.25) is 11.8 Å². The Labute approximate surface area is 108 Å². The maximum atomic E-state index is 12.3. The van der Waals surface area contributed by atoms with Crippen molar-refractivity contribution in [3.63, 3.8) is 0 Å². The Morgan fingerprint density at radius 3 is 2.72 bits per heavy atom. The maximum Gasteiger partial charge on any atom is 0.239 e. The molecule has 0 aromatic carbocycles. The van der Waals surface area contributed by atoms with Gasteiger partial charge in [-0.15, -0.1) is 0 Å². The van der Waals surface area contributed by atoms with Gasteiger partial charge in [-0.25, -0.2) is 0 Å². The van der Waals surface area contributed by atoms with Crippen molar-refractivity contribution in [1.82, 2.24) is 15.5 Å². The van der Waals surface area contributed by atoms with E-state index in [9.17, 15) is 9.59 Å². The van der Waals surface area contributed by atoms with Crippen LogP contribution in [0.2, 0.25) is 0 Å². The quantitative estimate of drug-likeness (QED) is 0.742. The number of carbonyl (C=O) groups is 2. The first-order valence-electron chi connectivity index (χ1n) is 6.88. The minimum atomic E-state index is -0.0233. The first-order chi connectivity index (χ1) is 8.56. The molecule has 102 valence electrons. The van der Waals surface area contributed by atoms with Crippen molar-refractivity contribution in [3.05, 3.63) is 0 Å². The van der Waals surface area contributed by atoms with Crippen molar-refractivity contribution in [1.29, 1.82) is 0 Å². The normalized spacial score (nSPS) is 32.3. The van der Waals surface area contributed by atoms with Crippen LogP contribution in [0.4, 0.5) is 0 Å². The average molecular weight is 253 g/mol. The Kier molecular flexibility index (Phi) is 4.22. The van der Waals surface area contributed by atoms with Crippen molar-refractivity contribution in [3.8, 4) is 0 Å². The van der Waals surface area contributed by atoms with Crippen LogP contribution < -0.4 is 10.6 Å². The summed E-state index contributed by atoms with van der Waals surface area (Å²) in [5.74, 6) is 0.188. The van der Waals surface area contributed by atoms with Gasteiger partial charge >= 0.3 is 0 Å². The van der Waals surface area contributed by atoms with Gasteiger partial charge in [0.15, 0.2) is 0 Å². The largest absolute Gasteiger partial charge is 0.352 e. The third-order valence-corrected chi connectivity index (χ3v) is 3.82. The molecule has 2 aliphatic rings. The molecule has 18 heavy (non-hydrogen) atoms. The SMILES string of the molecule is CC(=O)NC1CCN(C(=O)C2CCCC(C)N2)C1. The Balaban J connectivity index is 1.85. The van der Waals surface area contributed by atoms with E-state index >= 15 is 0 Å². The second kappa shape index (κ2) is 5.69. The van der Waals surface area contributed by atoms with Crippen LogP contribution in [0.15, 0.2) is 0 Å². The van der Waals surface area contributed by atoms with E-state index in [-0.39, 0.29) is 23.9 Å². The highest BCUT2D eigenvalue weighted by Crippen LogP contribution is 2.17. The van der Waals surface area contributed by atoms with Gasteiger partial charge in [0, 0.05) is 32.1 Å². The average Bonchev–Trinajstić information content (AvgIpc) is 2.75. The summed E-state index contributed by atoms with van der Waals surface area (Å²) in [5.41, 5.74) is 0. The van der Waals surface area contributed by atoms with Gasteiger partial charge in [0.05, 0.1) is 6.04 Å². The standard InChI is InChI=1S/C13H23N3O2/c1-9-4-3-5-12(14-9)13(18)16-7-6-11(8-16)15-10(2)17/h9,11-12,14H,3-8H2,1-2H3,(H,15,17). The Morgan fingerprint density at radius 1 is 1.28 bits per heavy atom. The lowest BCUT2D eigenvalue weighted by atomic mass is 9.99. The van der Waals surface area contributed by atoms with E-state index in [1.165, 1.54) is 6.92 Å². The third-order valence-electron chi connectivity index (χ3n) is 3.82. The number of piperidine rings is 1. The molecule has 0 aromatic rings. The highest BCUT2D eigenvalue weighted by molar-refractivity contribution is 5.82.